The maximum Gasteiger partial charge on any atom is 0.266 e. The summed E-state index contributed by atoms with van der Waals surface area (Å²) in [5, 5.41) is 4.31. The fourth-order valence-corrected chi connectivity index (χ4v) is 3.16. The molecule has 4 rings (SSSR count). The van der Waals surface area contributed by atoms with Crippen molar-refractivity contribution in [3.63, 3.8) is 0 Å². The van der Waals surface area contributed by atoms with Crippen LogP contribution in [0.4, 0.5) is 5.82 Å². The minimum absolute atomic E-state index is 0.0410. The summed E-state index contributed by atoms with van der Waals surface area (Å²) in [4.78, 5) is 23.5. The predicted octanol–water partition coefficient (Wildman–Crippen LogP) is 1.94. The highest BCUT2D eigenvalue weighted by molar-refractivity contribution is 5.76. The minimum atomic E-state index is -0.0410. The zero-order chi connectivity index (χ0) is 16.7. The summed E-state index contributed by atoms with van der Waals surface area (Å²) in [5.74, 6) is 1.35. The van der Waals surface area contributed by atoms with E-state index in [1.54, 1.807) is 16.8 Å². The molecule has 6 nitrogen and oxygen atoms in total. The molecule has 0 radical (unpaired) electrons. The molecule has 0 atom stereocenters. The Hall–Kier alpha value is -2.76. The smallest absolute Gasteiger partial charge is 0.266 e. The lowest BCUT2D eigenvalue weighted by Crippen LogP contribution is -2.50. The summed E-state index contributed by atoms with van der Waals surface area (Å²) in [7, 11) is 0. The van der Waals surface area contributed by atoms with Crippen molar-refractivity contribution in [1.82, 2.24) is 19.7 Å². The van der Waals surface area contributed by atoms with Gasteiger partial charge >= 0.3 is 0 Å². The highest BCUT2D eigenvalue weighted by Crippen LogP contribution is 2.27. The van der Waals surface area contributed by atoms with E-state index in [-0.39, 0.29) is 5.56 Å². The van der Waals surface area contributed by atoms with E-state index in [0.717, 1.165) is 41.3 Å². The van der Waals surface area contributed by atoms with Gasteiger partial charge in [0.2, 0.25) is 0 Å². The van der Waals surface area contributed by atoms with E-state index in [0.29, 0.717) is 12.5 Å². The average Bonchev–Trinajstić information content (AvgIpc) is 2.53. The fourth-order valence-electron chi connectivity index (χ4n) is 3.16. The molecule has 2 aromatic heterocycles. The lowest BCUT2D eigenvalue weighted by molar-refractivity contribution is 0.331. The van der Waals surface area contributed by atoms with Gasteiger partial charge in [-0.1, -0.05) is 12.1 Å². The zero-order valence-corrected chi connectivity index (χ0v) is 13.8. The number of fused-ring (bicyclic) bond motifs is 1. The summed E-state index contributed by atoms with van der Waals surface area (Å²) in [6.07, 6.45) is 0. The second-order valence-corrected chi connectivity index (χ2v) is 6.39. The number of aryl methyl sites for hydroxylation is 2. The molecule has 0 aliphatic carbocycles. The average molecular weight is 321 g/mol. The number of para-hydroxylation sites is 2. The molecule has 0 saturated carbocycles. The second kappa shape index (κ2) is 5.70. The van der Waals surface area contributed by atoms with Crippen molar-refractivity contribution in [2.75, 3.05) is 18.0 Å². The Morgan fingerprint density at radius 1 is 1.04 bits per heavy atom. The summed E-state index contributed by atoms with van der Waals surface area (Å²) in [6.45, 7) is 6.29. The van der Waals surface area contributed by atoms with Gasteiger partial charge in [-0.15, -0.1) is 0 Å². The lowest BCUT2D eigenvalue weighted by atomic mass is 10.00. The van der Waals surface area contributed by atoms with Crippen molar-refractivity contribution in [3.8, 4) is 0 Å². The van der Waals surface area contributed by atoms with Gasteiger partial charge in [0.25, 0.3) is 5.56 Å². The molecule has 1 saturated heterocycles. The van der Waals surface area contributed by atoms with Crippen LogP contribution in [-0.4, -0.2) is 32.8 Å². The van der Waals surface area contributed by atoms with Gasteiger partial charge in [0.05, 0.1) is 29.0 Å². The van der Waals surface area contributed by atoms with Crippen LogP contribution >= 0.6 is 0 Å². The maximum absolute atomic E-state index is 11.9. The molecule has 3 heterocycles. The third kappa shape index (κ3) is 2.64. The summed E-state index contributed by atoms with van der Waals surface area (Å²) < 4.78 is 1.57. The van der Waals surface area contributed by atoms with E-state index in [1.165, 1.54) is 0 Å². The first-order valence-corrected chi connectivity index (χ1v) is 8.13. The Morgan fingerprint density at radius 3 is 2.50 bits per heavy atom. The van der Waals surface area contributed by atoms with Crippen LogP contribution < -0.4 is 10.5 Å². The van der Waals surface area contributed by atoms with Gasteiger partial charge in [0.1, 0.15) is 0 Å². The van der Waals surface area contributed by atoms with Crippen LogP contribution in [0.3, 0.4) is 0 Å². The molecule has 1 fully saturated rings. The number of hydrogen-bond acceptors (Lipinski definition) is 5. The number of benzene rings is 1. The Labute approximate surface area is 139 Å². The first kappa shape index (κ1) is 14.8. The standard InChI is InChI=1S/C18H19N5O/c1-12-7-8-17(24)23(21-12)11-14-9-22(10-14)18-13(2)19-15-5-3-4-6-16(15)20-18/h3-8,14H,9-11H2,1-2H3. The van der Waals surface area contributed by atoms with Gasteiger partial charge in [-0.25, -0.2) is 14.6 Å². The van der Waals surface area contributed by atoms with Crippen molar-refractivity contribution in [3.05, 3.63) is 58.1 Å². The summed E-state index contributed by atoms with van der Waals surface area (Å²) in [5.41, 5.74) is 3.60. The second-order valence-electron chi connectivity index (χ2n) is 6.39. The largest absolute Gasteiger partial charge is 0.354 e. The van der Waals surface area contributed by atoms with E-state index in [2.05, 4.69) is 15.0 Å². The molecule has 0 N–H and O–H groups in total. The van der Waals surface area contributed by atoms with Crippen LogP contribution in [0.15, 0.2) is 41.2 Å². The summed E-state index contributed by atoms with van der Waals surface area (Å²) >= 11 is 0. The van der Waals surface area contributed by atoms with Crippen molar-refractivity contribution in [2.24, 2.45) is 5.92 Å². The molecule has 0 unspecified atom stereocenters. The quantitative estimate of drug-likeness (QED) is 0.738. The van der Waals surface area contributed by atoms with E-state index < -0.39 is 0 Å². The number of anilines is 1. The van der Waals surface area contributed by atoms with Crippen LogP contribution in [0.1, 0.15) is 11.4 Å². The molecular weight excluding hydrogens is 302 g/mol. The highest BCUT2D eigenvalue weighted by atomic mass is 16.1. The lowest BCUT2D eigenvalue weighted by Gasteiger charge is -2.40. The third-order valence-corrected chi connectivity index (χ3v) is 4.41. The topological polar surface area (TPSA) is 63.9 Å². The fraction of sp³-hybridized carbons (Fsp3) is 0.333. The van der Waals surface area contributed by atoms with Gasteiger partial charge in [0, 0.05) is 25.1 Å². The zero-order valence-electron chi connectivity index (χ0n) is 13.8. The highest BCUT2D eigenvalue weighted by Gasteiger charge is 2.30. The molecule has 0 amide bonds. The predicted molar refractivity (Wildman–Crippen MR) is 93.2 cm³/mol. The number of aromatic nitrogens is 4. The van der Waals surface area contributed by atoms with E-state index >= 15 is 0 Å². The van der Waals surface area contributed by atoms with Crippen molar-refractivity contribution < 1.29 is 0 Å². The van der Waals surface area contributed by atoms with Gasteiger partial charge in [0.15, 0.2) is 5.82 Å². The molecule has 6 heteroatoms. The number of hydrogen-bond donors (Lipinski definition) is 0. The molecule has 24 heavy (non-hydrogen) atoms. The summed E-state index contributed by atoms with van der Waals surface area (Å²) in [6, 6.07) is 11.2. The Morgan fingerprint density at radius 2 is 1.75 bits per heavy atom. The molecule has 1 aliphatic rings. The molecule has 0 spiro atoms. The number of nitrogens with zero attached hydrogens (tertiary/aromatic N) is 5. The first-order valence-electron chi connectivity index (χ1n) is 8.13. The number of rotatable bonds is 3. The monoisotopic (exact) mass is 321 g/mol. The van der Waals surface area contributed by atoms with Crippen LogP contribution in [0.5, 0.6) is 0 Å². The Balaban J connectivity index is 1.50. The van der Waals surface area contributed by atoms with E-state index in [1.807, 2.05) is 38.1 Å². The maximum atomic E-state index is 11.9. The van der Waals surface area contributed by atoms with E-state index in [4.69, 9.17) is 4.98 Å². The van der Waals surface area contributed by atoms with Gasteiger partial charge in [-0.3, -0.25) is 4.79 Å². The molecule has 0 bridgehead atoms. The SMILES string of the molecule is Cc1ccc(=O)n(CC2CN(c3nc4ccccc4nc3C)C2)n1. The van der Waals surface area contributed by atoms with Gasteiger partial charge < -0.3 is 4.90 Å². The molecule has 1 aromatic carbocycles. The van der Waals surface area contributed by atoms with Crippen molar-refractivity contribution >= 4 is 16.9 Å². The Kier molecular flexibility index (Phi) is 3.52. The van der Waals surface area contributed by atoms with Crippen LogP contribution in [0.25, 0.3) is 11.0 Å². The van der Waals surface area contributed by atoms with Crippen molar-refractivity contribution in [2.45, 2.75) is 20.4 Å². The third-order valence-electron chi connectivity index (χ3n) is 4.41. The van der Waals surface area contributed by atoms with Gasteiger partial charge in [-0.2, -0.15) is 5.10 Å². The van der Waals surface area contributed by atoms with Crippen LogP contribution in [0, 0.1) is 19.8 Å². The minimum Gasteiger partial charge on any atom is -0.354 e. The molecule has 3 aromatic rings. The van der Waals surface area contributed by atoms with Crippen molar-refractivity contribution in [1.29, 1.82) is 0 Å². The molecule has 1 aliphatic heterocycles. The van der Waals surface area contributed by atoms with E-state index in [9.17, 15) is 4.79 Å². The van der Waals surface area contributed by atoms with Crippen LogP contribution in [-0.2, 0) is 6.54 Å². The normalized spacial score (nSPS) is 14.8. The molecule has 122 valence electrons. The first-order chi connectivity index (χ1) is 11.6. The van der Waals surface area contributed by atoms with Gasteiger partial charge in [-0.05, 0) is 32.0 Å². The Bertz CT molecular complexity index is 959. The molecular formula is C18H19N5O. The van der Waals surface area contributed by atoms with Crippen LogP contribution in [0.2, 0.25) is 0 Å².